The SMILES string of the molecule is O=[N+]([O-])c1ccc(NN=C(CO)C23CC4CC(CC(C4)C2)C3)c([N+](=O)[O-])c1. The number of nitrogens with zero attached hydrogens (tertiary/aromatic N) is 3. The van der Waals surface area contributed by atoms with Crippen molar-refractivity contribution >= 4 is 22.8 Å². The molecule has 0 spiro atoms. The Balaban J connectivity index is 1.61. The van der Waals surface area contributed by atoms with Crippen LogP contribution in [0.4, 0.5) is 17.1 Å². The van der Waals surface area contributed by atoms with E-state index in [9.17, 15) is 25.3 Å². The van der Waals surface area contributed by atoms with Crippen molar-refractivity contribution in [2.75, 3.05) is 12.0 Å². The van der Waals surface area contributed by atoms with Gasteiger partial charge in [0, 0.05) is 11.5 Å². The first-order chi connectivity index (χ1) is 12.9. The summed E-state index contributed by atoms with van der Waals surface area (Å²) in [5, 5.41) is 36.5. The molecule has 0 aromatic heterocycles. The lowest BCUT2D eigenvalue weighted by molar-refractivity contribution is -0.393. The zero-order chi connectivity index (χ0) is 19.2. The van der Waals surface area contributed by atoms with E-state index in [2.05, 4.69) is 10.5 Å². The molecule has 9 heteroatoms. The van der Waals surface area contributed by atoms with E-state index in [1.807, 2.05) is 0 Å². The highest BCUT2D eigenvalue weighted by molar-refractivity contribution is 5.92. The van der Waals surface area contributed by atoms with Crippen molar-refractivity contribution in [1.29, 1.82) is 0 Å². The third kappa shape index (κ3) is 3.16. The molecule has 144 valence electrons. The molecule has 4 bridgehead atoms. The van der Waals surface area contributed by atoms with Crippen LogP contribution >= 0.6 is 0 Å². The average Bonchev–Trinajstić information content (AvgIpc) is 2.60. The van der Waals surface area contributed by atoms with Crippen LogP contribution in [0.15, 0.2) is 23.3 Å². The van der Waals surface area contributed by atoms with E-state index in [1.165, 1.54) is 31.4 Å². The average molecular weight is 374 g/mol. The Hall–Kier alpha value is -2.55. The lowest BCUT2D eigenvalue weighted by atomic mass is 9.48. The molecule has 1 aromatic rings. The molecule has 27 heavy (non-hydrogen) atoms. The Bertz CT molecular complexity index is 787. The second kappa shape index (κ2) is 6.56. The first-order valence-corrected chi connectivity index (χ1v) is 9.27. The largest absolute Gasteiger partial charge is 0.390 e. The molecule has 2 N–H and O–H groups in total. The molecule has 0 unspecified atom stereocenters. The number of nitrogens with one attached hydrogen (secondary N) is 1. The molecule has 0 saturated heterocycles. The maximum absolute atomic E-state index is 11.3. The Labute approximate surface area is 155 Å². The predicted molar refractivity (Wildman–Crippen MR) is 98.5 cm³/mol. The van der Waals surface area contributed by atoms with Gasteiger partial charge in [-0.15, -0.1) is 0 Å². The minimum atomic E-state index is -0.672. The van der Waals surface area contributed by atoms with Crippen LogP contribution in [0, 0.1) is 43.4 Å². The van der Waals surface area contributed by atoms with Crippen LogP contribution in [-0.4, -0.2) is 27.3 Å². The summed E-state index contributed by atoms with van der Waals surface area (Å²) in [6, 6.07) is 3.41. The summed E-state index contributed by atoms with van der Waals surface area (Å²) in [6.07, 6.45) is 6.84. The number of hydrogen-bond acceptors (Lipinski definition) is 7. The highest BCUT2D eigenvalue weighted by Gasteiger charge is 2.53. The first-order valence-electron chi connectivity index (χ1n) is 9.27. The third-order valence-corrected chi connectivity index (χ3v) is 6.50. The zero-order valence-electron chi connectivity index (χ0n) is 14.8. The van der Waals surface area contributed by atoms with E-state index in [0.717, 1.165) is 25.3 Å². The summed E-state index contributed by atoms with van der Waals surface area (Å²) >= 11 is 0. The maximum atomic E-state index is 11.3. The zero-order valence-corrected chi connectivity index (χ0v) is 14.8. The van der Waals surface area contributed by atoms with Crippen molar-refractivity contribution in [3.05, 3.63) is 38.4 Å². The van der Waals surface area contributed by atoms with Crippen LogP contribution in [0.1, 0.15) is 38.5 Å². The van der Waals surface area contributed by atoms with Gasteiger partial charge in [-0.25, -0.2) is 0 Å². The van der Waals surface area contributed by atoms with Crippen molar-refractivity contribution in [3.63, 3.8) is 0 Å². The van der Waals surface area contributed by atoms with Crippen LogP contribution in [0.3, 0.4) is 0 Å². The lowest BCUT2D eigenvalue weighted by Gasteiger charge is -2.56. The number of nitro benzene ring substituents is 2. The molecule has 0 heterocycles. The van der Waals surface area contributed by atoms with Crippen molar-refractivity contribution in [1.82, 2.24) is 0 Å². The Morgan fingerprint density at radius 3 is 2.19 bits per heavy atom. The minimum Gasteiger partial charge on any atom is -0.390 e. The van der Waals surface area contributed by atoms with Gasteiger partial charge in [-0.1, -0.05) is 0 Å². The second-order valence-corrected chi connectivity index (χ2v) is 8.24. The van der Waals surface area contributed by atoms with Crippen LogP contribution in [0.2, 0.25) is 0 Å². The van der Waals surface area contributed by atoms with Crippen molar-refractivity contribution in [2.24, 2.45) is 28.3 Å². The third-order valence-electron chi connectivity index (χ3n) is 6.50. The van der Waals surface area contributed by atoms with Crippen molar-refractivity contribution in [3.8, 4) is 0 Å². The van der Waals surface area contributed by atoms with Gasteiger partial charge < -0.3 is 5.11 Å². The number of hydrazone groups is 1. The molecular weight excluding hydrogens is 352 g/mol. The standard InChI is InChI=1S/C18H22N4O5/c23-10-17(18-7-11-3-12(8-18)5-13(4-11)9-18)20-19-15-2-1-14(21(24)25)6-16(15)22(26)27/h1-2,6,11-13,19,23H,3-5,7-10H2. The molecule has 0 radical (unpaired) electrons. The summed E-state index contributed by atoms with van der Waals surface area (Å²) in [5.41, 5.74) is 2.56. The summed E-state index contributed by atoms with van der Waals surface area (Å²) < 4.78 is 0. The van der Waals surface area contributed by atoms with E-state index in [1.54, 1.807) is 0 Å². The topological polar surface area (TPSA) is 131 Å². The highest BCUT2D eigenvalue weighted by atomic mass is 16.6. The molecule has 1 aromatic carbocycles. The van der Waals surface area contributed by atoms with Crippen LogP contribution in [0.25, 0.3) is 0 Å². The van der Waals surface area contributed by atoms with E-state index in [0.29, 0.717) is 23.5 Å². The summed E-state index contributed by atoms with van der Waals surface area (Å²) in [6.45, 7) is -0.195. The molecule has 0 amide bonds. The van der Waals surface area contributed by atoms with Gasteiger partial charge in [0.15, 0.2) is 0 Å². The predicted octanol–water partition coefficient (Wildman–Crippen LogP) is 3.48. The number of hydrogen-bond donors (Lipinski definition) is 2. The normalized spacial score (nSPS) is 31.7. The second-order valence-electron chi connectivity index (χ2n) is 8.24. The summed E-state index contributed by atoms with van der Waals surface area (Å²) in [7, 11) is 0. The van der Waals surface area contributed by atoms with Gasteiger partial charge in [0.1, 0.15) is 5.69 Å². The maximum Gasteiger partial charge on any atom is 0.301 e. The molecule has 0 aliphatic heterocycles. The van der Waals surface area contributed by atoms with Gasteiger partial charge in [0.2, 0.25) is 0 Å². The van der Waals surface area contributed by atoms with Crippen molar-refractivity contribution < 1.29 is 15.0 Å². The number of nitro groups is 2. The monoisotopic (exact) mass is 374 g/mol. The van der Waals surface area contributed by atoms with Crippen LogP contribution < -0.4 is 5.43 Å². The molecule has 0 atom stereocenters. The Morgan fingerprint density at radius 1 is 1.11 bits per heavy atom. The minimum absolute atomic E-state index is 0.0845. The number of rotatable bonds is 6. The Kier molecular flexibility index (Phi) is 4.33. The number of benzene rings is 1. The van der Waals surface area contributed by atoms with Gasteiger partial charge in [0.05, 0.1) is 28.2 Å². The number of anilines is 1. The molecule has 4 saturated carbocycles. The molecule has 9 nitrogen and oxygen atoms in total. The van der Waals surface area contributed by atoms with Crippen molar-refractivity contribution in [2.45, 2.75) is 38.5 Å². The van der Waals surface area contributed by atoms with E-state index < -0.39 is 15.5 Å². The summed E-state index contributed by atoms with van der Waals surface area (Å²) in [5.74, 6) is 2.05. The highest BCUT2D eigenvalue weighted by Crippen LogP contribution is 2.60. The Morgan fingerprint density at radius 2 is 1.70 bits per heavy atom. The fourth-order valence-electron chi connectivity index (χ4n) is 5.79. The molecule has 4 aliphatic rings. The molecule has 5 rings (SSSR count). The molecule has 4 aliphatic carbocycles. The van der Waals surface area contributed by atoms with Gasteiger partial charge in [-0.3, -0.25) is 25.7 Å². The first kappa shape index (κ1) is 17.8. The molecular formula is C18H22N4O5. The van der Waals surface area contributed by atoms with Crippen LogP contribution in [-0.2, 0) is 0 Å². The van der Waals surface area contributed by atoms with E-state index in [-0.39, 0.29) is 23.4 Å². The van der Waals surface area contributed by atoms with E-state index >= 15 is 0 Å². The van der Waals surface area contributed by atoms with E-state index in [4.69, 9.17) is 0 Å². The quantitative estimate of drug-likeness (QED) is 0.445. The van der Waals surface area contributed by atoms with Gasteiger partial charge in [0.25, 0.3) is 5.69 Å². The van der Waals surface area contributed by atoms with Gasteiger partial charge >= 0.3 is 5.69 Å². The number of non-ortho nitro benzene ring substituents is 1. The molecule has 4 fully saturated rings. The lowest BCUT2D eigenvalue weighted by Crippen LogP contribution is -2.51. The smallest absolute Gasteiger partial charge is 0.301 e. The van der Waals surface area contributed by atoms with Crippen LogP contribution in [0.5, 0.6) is 0 Å². The fourth-order valence-corrected chi connectivity index (χ4v) is 5.79. The number of aliphatic hydroxyl groups is 1. The number of aliphatic hydroxyl groups excluding tert-OH is 1. The van der Waals surface area contributed by atoms with Gasteiger partial charge in [-0.05, 0) is 62.3 Å². The van der Waals surface area contributed by atoms with Gasteiger partial charge in [-0.2, -0.15) is 5.10 Å². The summed E-state index contributed by atoms with van der Waals surface area (Å²) in [4.78, 5) is 20.8. The fraction of sp³-hybridized carbons (Fsp3) is 0.611.